The van der Waals surface area contributed by atoms with E-state index < -0.39 is 0 Å². The van der Waals surface area contributed by atoms with Crippen LogP contribution in [0.25, 0.3) is 10.2 Å². The van der Waals surface area contributed by atoms with Crippen molar-refractivity contribution in [3.63, 3.8) is 0 Å². The van der Waals surface area contributed by atoms with Crippen LogP contribution in [0.4, 0.5) is 10.8 Å². The van der Waals surface area contributed by atoms with Gasteiger partial charge in [0.2, 0.25) is 5.91 Å². The van der Waals surface area contributed by atoms with E-state index in [1.807, 2.05) is 49.4 Å². The number of hydrogen-bond acceptors (Lipinski definition) is 5. The minimum Gasteiger partial charge on any atom is -0.368 e. The molecule has 0 unspecified atom stereocenters. The molecule has 146 valence electrons. The molecule has 5 nitrogen and oxygen atoms in total. The van der Waals surface area contributed by atoms with Crippen molar-refractivity contribution in [2.45, 2.75) is 6.92 Å². The van der Waals surface area contributed by atoms with Gasteiger partial charge in [-0.2, -0.15) is 0 Å². The molecule has 4 rings (SSSR count). The summed E-state index contributed by atoms with van der Waals surface area (Å²) in [6.45, 7) is 6.45. The summed E-state index contributed by atoms with van der Waals surface area (Å²) < 4.78 is 1.11. The summed E-state index contributed by atoms with van der Waals surface area (Å²) in [5.41, 5.74) is 2.02. The molecule has 3 aromatic rings. The highest BCUT2D eigenvalue weighted by Crippen LogP contribution is 2.29. The Morgan fingerprint density at radius 2 is 1.82 bits per heavy atom. The van der Waals surface area contributed by atoms with E-state index in [0.717, 1.165) is 52.2 Å². The number of likely N-dealkylation sites (N-methyl/N-ethyl adjacent to an activating group) is 1. The van der Waals surface area contributed by atoms with Crippen LogP contribution in [0.15, 0.2) is 48.5 Å². The molecule has 1 saturated heterocycles. The zero-order valence-corrected chi connectivity index (χ0v) is 17.4. The molecule has 0 bridgehead atoms. The van der Waals surface area contributed by atoms with E-state index in [9.17, 15) is 4.79 Å². The highest BCUT2D eigenvalue weighted by molar-refractivity contribution is 7.22. The number of benzene rings is 2. The number of anilines is 2. The standard InChI is InChI=1S/C21H23ClN4OS/c1-2-26(21-23-17-8-4-6-10-19(17)28-21)20(27)15-24-11-13-25(14-12-24)18-9-5-3-7-16(18)22/h3-10H,2,11-15H2,1H3. The Hall–Kier alpha value is -2.15. The number of piperazine rings is 1. The summed E-state index contributed by atoms with van der Waals surface area (Å²) in [6.07, 6.45) is 0. The van der Waals surface area contributed by atoms with Crippen LogP contribution < -0.4 is 9.80 Å². The lowest BCUT2D eigenvalue weighted by Gasteiger charge is -2.36. The van der Waals surface area contributed by atoms with Gasteiger partial charge in [0.1, 0.15) is 0 Å². The van der Waals surface area contributed by atoms with E-state index in [-0.39, 0.29) is 5.91 Å². The van der Waals surface area contributed by atoms with Crippen molar-refractivity contribution in [1.29, 1.82) is 0 Å². The van der Waals surface area contributed by atoms with Crippen LogP contribution in [0.2, 0.25) is 5.02 Å². The van der Waals surface area contributed by atoms with Crippen LogP contribution in [0, 0.1) is 0 Å². The van der Waals surface area contributed by atoms with Crippen LogP contribution in [0.5, 0.6) is 0 Å². The summed E-state index contributed by atoms with van der Waals surface area (Å²) in [5, 5.41) is 1.56. The van der Waals surface area contributed by atoms with E-state index in [2.05, 4.69) is 20.9 Å². The second-order valence-electron chi connectivity index (χ2n) is 6.82. The van der Waals surface area contributed by atoms with Crippen molar-refractivity contribution >= 4 is 49.9 Å². The molecule has 0 N–H and O–H groups in total. The van der Waals surface area contributed by atoms with Crippen molar-refractivity contribution in [3.05, 3.63) is 53.6 Å². The quantitative estimate of drug-likeness (QED) is 0.629. The Labute approximate surface area is 174 Å². The van der Waals surface area contributed by atoms with Gasteiger partial charge < -0.3 is 4.90 Å². The van der Waals surface area contributed by atoms with E-state index in [4.69, 9.17) is 11.6 Å². The molecular formula is C21H23ClN4OS. The summed E-state index contributed by atoms with van der Waals surface area (Å²) in [5.74, 6) is 0.104. The first-order chi connectivity index (χ1) is 13.7. The molecule has 0 spiro atoms. The molecule has 0 saturated carbocycles. The monoisotopic (exact) mass is 414 g/mol. The third kappa shape index (κ3) is 3.99. The van der Waals surface area contributed by atoms with Gasteiger partial charge in [0.15, 0.2) is 5.13 Å². The number of hydrogen-bond donors (Lipinski definition) is 0. The minimum absolute atomic E-state index is 0.104. The molecule has 1 amide bonds. The number of fused-ring (bicyclic) bond motifs is 1. The Morgan fingerprint density at radius 1 is 1.11 bits per heavy atom. The normalized spacial score (nSPS) is 15.1. The maximum atomic E-state index is 12.9. The highest BCUT2D eigenvalue weighted by atomic mass is 35.5. The first kappa shape index (κ1) is 19.2. The van der Waals surface area contributed by atoms with Gasteiger partial charge in [-0.25, -0.2) is 4.98 Å². The summed E-state index contributed by atoms with van der Waals surface area (Å²) in [6, 6.07) is 15.9. The second-order valence-corrected chi connectivity index (χ2v) is 8.23. The van der Waals surface area contributed by atoms with Crippen molar-refractivity contribution in [3.8, 4) is 0 Å². The largest absolute Gasteiger partial charge is 0.368 e. The van der Waals surface area contributed by atoms with E-state index in [1.165, 1.54) is 0 Å². The fraction of sp³-hybridized carbons (Fsp3) is 0.333. The summed E-state index contributed by atoms with van der Waals surface area (Å²) >= 11 is 7.89. The Morgan fingerprint density at radius 3 is 2.54 bits per heavy atom. The topological polar surface area (TPSA) is 39.7 Å². The lowest BCUT2D eigenvalue weighted by molar-refractivity contribution is -0.119. The van der Waals surface area contributed by atoms with Crippen molar-refractivity contribution in [2.24, 2.45) is 0 Å². The van der Waals surface area contributed by atoms with Gasteiger partial charge in [-0.05, 0) is 31.2 Å². The van der Waals surface area contributed by atoms with Crippen LogP contribution in [-0.4, -0.2) is 55.1 Å². The molecule has 1 aliphatic rings. The molecule has 1 fully saturated rings. The third-order valence-electron chi connectivity index (χ3n) is 5.06. The molecular weight excluding hydrogens is 392 g/mol. The molecule has 1 aliphatic heterocycles. The van der Waals surface area contributed by atoms with E-state index >= 15 is 0 Å². The predicted octanol–water partition coefficient (Wildman–Crippen LogP) is 4.12. The first-order valence-corrected chi connectivity index (χ1v) is 10.7. The molecule has 0 atom stereocenters. The summed E-state index contributed by atoms with van der Waals surface area (Å²) in [7, 11) is 0. The van der Waals surface area contributed by atoms with Gasteiger partial charge in [-0.15, -0.1) is 0 Å². The van der Waals surface area contributed by atoms with Gasteiger partial charge >= 0.3 is 0 Å². The first-order valence-electron chi connectivity index (χ1n) is 9.53. The number of nitrogens with zero attached hydrogens (tertiary/aromatic N) is 4. The molecule has 28 heavy (non-hydrogen) atoms. The van der Waals surface area contributed by atoms with Crippen molar-refractivity contribution < 1.29 is 4.79 Å². The van der Waals surface area contributed by atoms with Crippen LogP contribution in [0.3, 0.4) is 0 Å². The Bertz CT molecular complexity index is 935. The van der Waals surface area contributed by atoms with Gasteiger partial charge in [0, 0.05) is 32.7 Å². The third-order valence-corrected chi connectivity index (χ3v) is 6.43. The van der Waals surface area contributed by atoms with E-state index in [0.29, 0.717) is 13.1 Å². The smallest absolute Gasteiger partial charge is 0.242 e. The van der Waals surface area contributed by atoms with Crippen LogP contribution in [0.1, 0.15) is 6.92 Å². The van der Waals surface area contributed by atoms with Gasteiger partial charge in [-0.3, -0.25) is 14.6 Å². The van der Waals surface area contributed by atoms with Crippen molar-refractivity contribution in [1.82, 2.24) is 9.88 Å². The SMILES string of the molecule is CCN(C(=O)CN1CCN(c2ccccc2Cl)CC1)c1nc2ccccc2s1. The van der Waals surface area contributed by atoms with Gasteiger partial charge in [0.05, 0.1) is 27.5 Å². The van der Waals surface area contributed by atoms with E-state index in [1.54, 1.807) is 16.2 Å². The Balaban J connectivity index is 1.38. The molecule has 1 aromatic heterocycles. The second kappa shape index (κ2) is 8.47. The number of halogens is 1. The Kier molecular flexibility index (Phi) is 5.80. The number of thiazole rings is 1. The van der Waals surface area contributed by atoms with Gasteiger partial charge in [0.25, 0.3) is 0 Å². The predicted molar refractivity (Wildman–Crippen MR) is 118 cm³/mol. The van der Waals surface area contributed by atoms with Crippen molar-refractivity contribution in [2.75, 3.05) is 49.1 Å². The minimum atomic E-state index is 0.104. The number of para-hydroxylation sites is 2. The lowest BCUT2D eigenvalue weighted by atomic mass is 10.2. The fourth-order valence-electron chi connectivity index (χ4n) is 3.53. The number of aromatic nitrogens is 1. The number of amides is 1. The highest BCUT2D eigenvalue weighted by Gasteiger charge is 2.24. The summed E-state index contributed by atoms with van der Waals surface area (Å²) in [4.78, 5) is 23.9. The molecule has 0 radical (unpaired) electrons. The zero-order chi connectivity index (χ0) is 19.5. The maximum absolute atomic E-state index is 12.9. The molecule has 0 aliphatic carbocycles. The average molecular weight is 415 g/mol. The number of rotatable bonds is 5. The fourth-order valence-corrected chi connectivity index (χ4v) is 4.83. The van der Waals surface area contributed by atoms with Gasteiger partial charge in [-0.1, -0.05) is 47.2 Å². The lowest BCUT2D eigenvalue weighted by Crippen LogP contribution is -2.50. The van der Waals surface area contributed by atoms with Crippen LogP contribution in [-0.2, 0) is 4.79 Å². The van der Waals surface area contributed by atoms with Crippen LogP contribution >= 0.6 is 22.9 Å². The number of carbonyl (C=O) groups is 1. The number of carbonyl (C=O) groups excluding carboxylic acids is 1. The molecule has 2 aromatic carbocycles. The molecule has 7 heteroatoms. The zero-order valence-electron chi connectivity index (χ0n) is 15.8. The molecule has 2 heterocycles. The average Bonchev–Trinajstić information content (AvgIpc) is 3.13. The maximum Gasteiger partial charge on any atom is 0.242 e.